The number of aliphatic imine (C=N–C) groups is 1. The average molecular weight is 625 g/mol. The van der Waals surface area contributed by atoms with Crippen LogP contribution in [0.25, 0.3) is 6.08 Å². The molecule has 3 aromatic rings. The molecule has 9 heteroatoms. The summed E-state index contributed by atoms with van der Waals surface area (Å²) in [7, 11) is 0. The van der Waals surface area contributed by atoms with Gasteiger partial charge in [-0.05, 0) is 83.9 Å². The van der Waals surface area contributed by atoms with Gasteiger partial charge in [0.1, 0.15) is 12.4 Å². The first-order valence-corrected chi connectivity index (χ1v) is 13.9. The number of carbonyl (C=O) groups excluding carboxylic acids is 1. The van der Waals surface area contributed by atoms with Crippen molar-refractivity contribution in [2.24, 2.45) is 10.9 Å². The Morgan fingerprint density at radius 1 is 1.03 bits per heavy atom. The summed E-state index contributed by atoms with van der Waals surface area (Å²) in [6, 6.07) is 18.3. The first-order valence-electron chi connectivity index (χ1n) is 11.1. The van der Waals surface area contributed by atoms with Crippen molar-refractivity contribution in [2.45, 2.75) is 20.5 Å². The van der Waals surface area contributed by atoms with Crippen LogP contribution < -0.4 is 4.74 Å². The maximum atomic E-state index is 13.4. The Kier molecular flexibility index (Phi) is 9.07. The highest BCUT2D eigenvalue weighted by atomic mass is 79.9. The van der Waals surface area contributed by atoms with Gasteiger partial charge in [0.05, 0.1) is 20.6 Å². The zero-order valence-corrected chi connectivity index (χ0v) is 24.1. The molecular weight excluding hydrogens is 603 g/mol. The van der Waals surface area contributed by atoms with Crippen molar-refractivity contribution in [2.75, 3.05) is 6.54 Å². The minimum Gasteiger partial charge on any atom is -0.488 e. The molecule has 0 aromatic heterocycles. The average Bonchev–Trinajstić information content (AvgIpc) is 3.10. The van der Waals surface area contributed by atoms with Crippen LogP contribution in [-0.4, -0.2) is 22.5 Å². The molecule has 0 saturated carbocycles. The number of hydrogen-bond acceptors (Lipinski definition) is 4. The summed E-state index contributed by atoms with van der Waals surface area (Å²) < 4.78 is 6.98. The second-order valence-electron chi connectivity index (χ2n) is 8.51. The van der Waals surface area contributed by atoms with Crippen LogP contribution in [0.15, 0.2) is 75.0 Å². The number of amides is 1. The van der Waals surface area contributed by atoms with Crippen LogP contribution in [0, 0.1) is 5.92 Å². The largest absolute Gasteiger partial charge is 0.488 e. The van der Waals surface area contributed by atoms with E-state index in [0.29, 0.717) is 44.0 Å². The van der Waals surface area contributed by atoms with Gasteiger partial charge >= 0.3 is 0 Å². The highest BCUT2D eigenvalue weighted by Gasteiger charge is 2.34. The van der Waals surface area contributed by atoms with Gasteiger partial charge in [0, 0.05) is 21.6 Å². The Bertz CT molecular complexity index is 1340. The van der Waals surface area contributed by atoms with Crippen molar-refractivity contribution in [3.8, 4) is 5.75 Å². The van der Waals surface area contributed by atoms with E-state index in [9.17, 15) is 4.79 Å². The maximum Gasteiger partial charge on any atom is 0.266 e. The van der Waals surface area contributed by atoms with Crippen molar-refractivity contribution >= 4 is 85.3 Å². The van der Waals surface area contributed by atoms with E-state index in [1.165, 1.54) is 11.8 Å². The van der Waals surface area contributed by atoms with E-state index >= 15 is 0 Å². The van der Waals surface area contributed by atoms with Crippen LogP contribution in [0.4, 0.5) is 5.69 Å². The Morgan fingerprint density at radius 3 is 2.47 bits per heavy atom. The topological polar surface area (TPSA) is 41.9 Å². The Balaban J connectivity index is 1.63. The molecule has 0 N–H and O–H groups in total. The first-order chi connectivity index (χ1) is 17.2. The molecule has 186 valence electrons. The maximum absolute atomic E-state index is 13.4. The third-order valence-electron chi connectivity index (χ3n) is 5.12. The highest BCUT2D eigenvalue weighted by Crippen LogP contribution is 2.37. The quantitative estimate of drug-likeness (QED) is 0.246. The van der Waals surface area contributed by atoms with Crippen molar-refractivity contribution in [1.82, 2.24) is 4.90 Å². The van der Waals surface area contributed by atoms with Gasteiger partial charge in [0.2, 0.25) is 0 Å². The molecule has 0 bridgehead atoms. The molecule has 1 aliphatic rings. The normalized spacial score (nSPS) is 16.0. The van der Waals surface area contributed by atoms with Crippen molar-refractivity contribution in [1.29, 1.82) is 0 Å². The molecule has 1 amide bonds. The molecular formula is C27H22BrCl3N2O2S. The van der Waals surface area contributed by atoms with Gasteiger partial charge < -0.3 is 4.74 Å². The molecule has 4 nitrogen and oxygen atoms in total. The van der Waals surface area contributed by atoms with Crippen molar-refractivity contribution < 1.29 is 9.53 Å². The van der Waals surface area contributed by atoms with E-state index in [2.05, 4.69) is 29.8 Å². The Hall–Kier alpha value is -1.96. The zero-order chi connectivity index (χ0) is 25.8. The molecule has 0 atom stereocenters. The number of hydrogen-bond donors (Lipinski definition) is 0. The van der Waals surface area contributed by atoms with Crippen LogP contribution in [0.5, 0.6) is 5.75 Å². The Labute approximate surface area is 238 Å². The summed E-state index contributed by atoms with van der Waals surface area (Å²) in [6.07, 6.45) is 1.85. The smallest absolute Gasteiger partial charge is 0.266 e. The minimum absolute atomic E-state index is 0.0863. The van der Waals surface area contributed by atoms with Gasteiger partial charge in [0.15, 0.2) is 5.17 Å². The van der Waals surface area contributed by atoms with Gasteiger partial charge in [-0.1, -0.05) is 70.6 Å². The summed E-state index contributed by atoms with van der Waals surface area (Å²) in [5.41, 5.74) is 2.40. The molecule has 4 rings (SSSR count). The minimum atomic E-state index is -0.0863. The van der Waals surface area contributed by atoms with Crippen molar-refractivity contribution in [3.63, 3.8) is 0 Å². The number of amidine groups is 1. The summed E-state index contributed by atoms with van der Waals surface area (Å²) in [5.74, 6) is 0.834. The predicted octanol–water partition coefficient (Wildman–Crippen LogP) is 9.25. The van der Waals surface area contributed by atoms with E-state index in [4.69, 9.17) is 44.5 Å². The molecule has 1 saturated heterocycles. The molecule has 3 aromatic carbocycles. The number of nitrogens with zero attached hydrogens (tertiary/aromatic N) is 2. The van der Waals surface area contributed by atoms with Crippen LogP contribution in [0.3, 0.4) is 0 Å². The summed E-state index contributed by atoms with van der Waals surface area (Å²) >= 11 is 23.1. The van der Waals surface area contributed by atoms with Gasteiger partial charge in [-0.25, -0.2) is 4.99 Å². The molecule has 0 unspecified atom stereocenters. The standard InChI is InChI=1S/C27H22BrCl3N2O2S/c1-16(2)14-33-26(34)25(36-27(33)32-21-7-5-20(29)6-8-21)13-18-12-19(28)4-10-24(18)35-15-17-3-9-22(30)23(31)11-17/h3-13,16H,14-15H2,1-2H3/b25-13-,32-27?. The number of halogens is 4. The highest BCUT2D eigenvalue weighted by molar-refractivity contribution is 9.10. The third-order valence-corrected chi connectivity index (χ3v) is 7.61. The number of carbonyl (C=O) groups is 1. The van der Waals surface area contributed by atoms with E-state index < -0.39 is 0 Å². The van der Waals surface area contributed by atoms with Crippen LogP contribution in [0.2, 0.25) is 15.1 Å². The molecule has 1 heterocycles. The van der Waals surface area contributed by atoms with Gasteiger partial charge in [-0.2, -0.15) is 0 Å². The predicted molar refractivity (Wildman–Crippen MR) is 156 cm³/mol. The molecule has 0 radical (unpaired) electrons. The van der Waals surface area contributed by atoms with Crippen LogP contribution >= 0.6 is 62.5 Å². The van der Waals surface area contributed by atoms with Gasteiger partial charge in [-0.3, -0.25) is 9.69 Å². The first kappa shape index (κ1) is 27.1. The fourth-order valence-corrected chi connectivity index (χ4v) is 5.26. The van der Waals surface area contributed by atoms with E-state index in [1.807, 2.05) is 42.5 Å². The lowest BCUT2D eigenvalue weighted by Gasteiger charge is -2.17. The summed E-state index contributed by atoms with van der Waals surface area (Å²) in [4.78, 5) is 20.4. The number of benzene rings is 3. The summed E-state index contributed by atoms with van der Waals surface area (Å²) in [6.45, 7) is 5.01. The van der Waals surface area contributed by atoms with Crippen LogP contribution in [0.1, 0.15) is 25.0 Å². The van der Waals surface area contributed by atoms with Gasteiger partial charge in [0.25, 0.3) is 5.91 Å². The fraction of sp³-hybridized carbons (Fsp3) is 0.185. The van der Waals surface area contributed by atoms with Gasteiger partial charge in [-0.15, -0.1) is 0 Å². The monoisotopic (exact) mass is 622 g/mol. The third kappa shape index (κ3) is 6.87. The van der Waals surface area contributed by atoms with E-state index in [1.54, 1.807) is 29.2 Å². The number of ether oxygens (including phenoxy) is 1. The number of rotatable bonds is 7. The lowest BCUT2D eigenvalue weighted by Crippen LogP contribution is -2.32. The zero-order valence-electron chi connectivity index (χ0n) is 19.5. The fourth-order valence-electron chi connectivity index (χ4n) is 3.44. The number of thioether (sulfide) groups is 1. The molecule has 36 heavy (non-hydrogen) atoms. The lowest BCUT2D eigenvalue weighted by atomic mass is 10.1. The van der Waals surface area contributed by atoms with Crippen molar-refractivity contribution in [3.05, 3.63) is 96.2 Å². The molecule has 1 aliphatic heterocycles. The second kappa shape index (κ2) is 12.1. The lowest BCUT2D eigenvalue weighted by molar-refractivity contribution is -0.122. The molecule has 1 fully saturated rings. The van der Waals surface area contributed by atoms with E-state index in [0.717, 1.165) is 21.3 Å². The SMILES string of the molecule is CC(C)CN1C(=O)/C(=C/c2cc(Br)ccc2OCc2ccc(Cl)c(Cl)c2)SC1=Nc1ccc(Cl)cc1. The molecule has 0 aliphatic carbocycles. The molecule has 0 spiro atoms. The summed E-state index contributed by atoms with van der Waals surface area (Å²) in [5, 5.41) is 2.24. The van der Waals surface area contributed by atoms with E-state index in [-0.39, 0.29) is 11.8 Å². The Morgan fingerprint density at radius 2 is 1.78 bits per heavy atom. The second-order valence-corrected chi connectivity index (χ2v) is 11.7. The van der Waals surface area contributed by atoms with Crippen LogP contribution in [-0.2, 0) is 11.4 Å².